The number of hydrogen-bond acceptors (Lipinski definition) is 8. The van der Waals surface area contributed by atoms with Gasteiger partial charge in [-0.15, -0.1) is 0 Å². The van der Waals surface area contributed by atoms with E-state index in [1.807, 2.05) is 60.2 Å². The molecule has 0 aliphatic carbocycles. The molecule has 0 spiro atoms. The molecule has 1 fully saturated rings. The fourth-order valence-electron chi connectivity index (χ4n) is 3.77. The van der Waals surface area contributed by atoms with Crippen LogP contribution in [0.4, 0.5) is 29.1 Å². The minimum absolute atomic E-state index is 0.452. The van der Waals surface area contributed by atoms with Crippen molar-refractivity contribution < 1.29 is 0 Å². The summed E-state index contributed by atoms with van der Waals surface area (Å²) >= 11 is 0. The Morgan fingerprint density at radius 1 is 0.969 bits per heavy atom. The molecule has 1 aliphatic heterocycles. The van der Waals surface area contributed by atoms with E-state index in [1.165, 1.54) is 0 Å². The Hall–Kier alpha value is -3.72. The minimum Gasteiger partial charge on any atom is -0.354 e. The summed E-state index contributed by atoms with van der Waals surface area (Å²) in [5, 5.41) is 6.67. The topological polar surface area (TPSA) is 86.5 Å². The van der Waals surface area contributed by atoms with Crippen LogP contribution in [0.3, 0.4) is 0 Å². The average Bonchev–Trinajstić information content (AvgIpc) is 3.25. The lowest BCUT2D eigenvalue weighted by atomic mass is 10.2. The summed E-state index contributed by atoms with van der Waals surface area (Å²) in [6, 6.07) is 10.4. The van der Waals surface area contributed by atoms with E-state index in [1.54, 1.807) is 6.20 Å². The van der Waals surface area contributed by atoms with Crippen LogP contribution >= 0.6 is 0 Å². The number of nitrogens with one attached hydrogen (secondary N) is 2. The van der Waals surface area contributed by atoms with Crippen molar-refractivity contribution in [1.82, 2.24) is 29.2 Å². The van der Waals surface area contributed by atoms with Crippen molar-refractivity contribution in [1.29, 1.82) is 0 Å². The number of fused-ring (bicyclic) bond motifs is 1. The van der Waals surface area contributed by atoms with Gasteiger partial charge in [0.15, 0.2) is 0 Å². The van der Waals surface area contributed by atoms with Crippen molar-refractivity contribution >= 4 is 34.7 Å². The maximum absolute atomic E-state index is 4.81. The lowest BCUT2D eigenvalue weighted by Crippen LogP contribution is -2.50. The van der Waals surface area contributed by atoms with Crippen molar-refractivity contribution in [3.05, 3.63) is 60.7 Å². The smallest absolute Gasteiger partial charge is 0.232 e. The Morgan fingerprint density at radius 3 is 2.69 bits per heavy atom. The van der Waals surface area contributed by atoms with Gasteiger partial charge < -0.3 is 24.8 Å². The van der Waals surface area contributed by atoms with Crippen LogP contribution in [0.2, 0.25) is 0 Å². The number of anilines is 5. The van der Waals surface area contributed by atoms with Gasteiger partial charge in [-0.25, -0.2) is 9.97 Å². The Labute approximate surface area is 187 Å². The SMILES string of the molecule is Cc1ccc(Nc2nc(Nc3ccn4ccnc4c3)cc(N3CCN(C)C(C)C3)n2)nc1. The number of imidazole rings is 1. The summed E-state index contributed by atoms with van der Waals surface area (Å²) in [5.41, 5.74) is 2.90. The highest BCUT2D eigenvalue weighted by atomic mass is 15.3. The van der Waals surface area contributed by atoms with Gasteiger partial charge in [-0.3, -0.25) is 0 Å². The molecular formula is C23H27N9. The van der Waals surface area contributed by atoms with Crippen LogP contribution in [-0.2, 0) is 0 Å². The number of nitrogens with zero attached hydrogens (tertiary/aromatic N) is 7. The molecular weight excluding hydrogens is 402 g/mol. The average molecular weight is 430 g/mol. The Balaban J connectivity index is 1.47. The van der Waals surface area contributed by atoms with Crippen LogP contribution in [0.1, 0.15) is 12.5 Å². The fourth-order valence-corrected chi connectivity index (χ4v) is 3.77. The molecule has 0 radical (unpaired) electrons. The Kier molecular flexibility index (Phi) is 5.32. The van der Waals surface area contributed by atoms with Gasteiger partial charge in [0.2, 0.25) is 5.95 Å². The standard InChI is InChI=1S/C23H27N9/c1-16-4-5-19(25-14-16)27-23-28-20(26-18-6-8-31-9-7-24-21(31)12-18)13-22(29-23)32-11-10-30(3)17(2)15-32/h4-9,12-14,17H,10-11,15H2,1-3H3,(H2,25,26,27,28,29). The molecule has 1 atom stereocenters. The van der Waals surface area contributed by atoms with E-state index in [-0.39, 0.29) is 0 Å². The van der Waals surface area contributed by atoms with E-state index < -0.39 is 0 Å². The predicted octanol–water partition coefficient (Wildman–Crippen LogP) is 3.46. The Morgan fingerprint density at radius 2 is 1.88 bits per heavy atom. The lowest BCUT2D eigenvalue weighted by Gasteiger charge is -2.38. The van der Waals surface area contributed by atoms with E-state index in [9.17, 15) is 0 Å². The third-order valence-electron chi connectivity index (χ3n) is 5.82. The molecule has 5 rings (SSSR count). The van der Waals surface area contributed by atoms with E-state index in [0.29, 0.717) is 23.6 Å². The zero-order valence-electron chi connectivity index (χ0n) is 18.5. The quantitative estimate of drug-likeness (QED) is 0.499. The monoisotopic (exact) mass is 429 g/mol. The summed E-state index contributed by atoms with van der Waals surface area (Å²) in [6.45, 7) is 7.07. The number of aromatic nitrogens is 5. The van der Waals surface area contributed by atoms with E-state index in [4.69, 9.17) is 9.97 Å². The first-order chi connectivity index (χ1) is 15.5. The molecule has 0 aromatic carbocycles. The van der Waals surface area contributed by atoms with Crippen molar-refractivity contribution in [2.45, 2.75) is 19.9 Å². The molecule has 164 valence electrons. The molecule has 1 saturated heterocycles. The molecule has 5 heterocycles. The summed E-state index contributed by atoms with van der Waals surface area (Å²) in [7, 11) is 2.16. The number of rotatable bonds is 5. The van der Waals surface area contributed by atoms with Crippen molar-refractivity contribution in [2.75, 3.05) is 42.2 Å². The third-order valence-corrected chi connectivity index (χ3v) is 5.82. The highest BCUT2D eigenvalue weighted by molar-refractivity contribution is 5.65. The molecule has 0 saturated carbocycles. The highest BCUT2D eigenvalue weighted by Crippen LogP contribution is 2.25. The van der Waals surface area contributed by atoms with Crippen LogP contribution in [0.5, 0.6) is 0 Å². The van der Waals surface area contributed by atoms with Gasteiger partial charge in [0, 0.05) is 68.3 Å². The van der Waals surface area contributed by atoms with Crippen LogP contribution in [-0.4, -0.2) is 62.0 Å². The van der Waals surface area contributed by atoms with Crippen LogP contribution < -0.4 is 15.5 Å². The molecule has 0 bridgehead atoms. The summed E-state index contributed by atoms with van der Waals surface area (Å²) < 4.78 is 1.97. The van der Waals surface area contributed by atoms with E-state index in [2.05, 4.69) is 44.4 Å². The lowest BCUT2D eigenvalue weighted by molar-refractivity contribution is 0.233. The largest absolute Gasteiger partial charge is 0.354 e. The fraction of sp³-hybridized carbons (Fsp3) is 0.304. The van der Waals surface area contributed by atoms with Gasteiger partial charge in [0.1, 0.15) is 23.1 Å². The van der Waals surface area contributed by atoms with Gasteiger partial charge in [-0.2, -0.15) is 9.97 Å². The highest BCUT2D eigenvalue weighted by Gasteiger charge is 2.22. The number of piperazine rings is 1. The zero-order valence-corrected chi connectivity index (χ0v) is 18.5. The first kappa shape index (κ1) is 20.2. The summed E-state index contributed by atoms with van der Waals surface area (Å²) in [5.74, 6) is 2.82. The number of pyridine rings is 2. The predicted molar refractivity (Wildman–Crippen MR) is 127 cm³/mol. The van der Waals surface area contributed by atoms with Crippen LogP contribution in [0.15, 0.2) is 55.1 Å². The molecule has 1 aliphatic rings. The number of aryl methyl sites for hydroxylation is 1. The minimum atomic E-state index is 0.452. The van der Waals surface area contributed by atoms with E-state index in [0.717, 1.165) is 42.4 Å². The maximum Gasteiger partial charge on any atom is 0.232 e. The van der Waals surface area contributed by atoms with Gasteiger partial charge in [0.05, 0.1) is 0 Å². The number of hydrogen-bond donors (Lipinski definition) is 2. The molecule has 4 aromatic rings. The van der Waals surface area contributed by atoms with Gasteiger partial charge in [-0.1, -0.05) is 6.07 Å². The Bertz CT molecular complexity index is 1220. The van der Waals surface area contributed by atoms with Crippen molar-refractivity contribution in [3.63, 3.8) is 0 Å². The first-order valence-electron chi connectivity index (χ1n) is 10.8. The van der Waals surface area contributed by atoms with Crippen LogP contribution in [0, 0.1) is 6.92 Å². The zero-order chi connectivity index (χ0) is 22.1. The molecule has 32 heavy (non-hydrogen) atoms. The second kappa shape index (κ2) is 8.43. The van der Waals surface area contributed by atoms with E-state index >= 15 is 0 Å². The number of likely N-dealkylation sites (N-methyl/N-ethyl adjacent to an activating group) is 1. The first-order valence-corrected chi connectivity index (χ1v) is 10.8. The third kappa shape index (κ3) is 4.33. The van der Waals surface area contributed by atoms with Gasteiger partial charge in [-0.05, 0) is 38.6 Å². The van der Waals surface area contributed by atoms with Gasteiger partial charge >= 0.3 is 0 Å². The van der Waals surface area contributed by atoms with Crippen molar-refractivity contribution in [3.8, 4) is 0 Å². The molecule has 0 amide bonds. The van der Waals surface area contributed by atoms with Crippen LogP contribution in [0.25, 0.3) is 5.65 Å². The second-order valence-corrected chi connectivity index (χ2v) is 8.29. The normalized spacial score (nSPS) is 17.0. The summed E-state index contributed by atoms with van der Waals surface area (Å²) in [4.78, 5) is 23.0. The summed E-state index contributed by atoms with van der Waals surface area (Å²) in [6.07, 6.45) is 7.51. The second-order valence-electron chi connectivity index (χ2n) is 8.29. The molecule has 4 aromatic heterocycles. The van der Waals surface area contributed by atoms with Gasteiger partial charge in [0.25, 0.3) is 0 Å². The molecule has 9 heteroatoms. The maximum atomic E-state index is 4.81. The molecule has 1 unspecified atom stereocenters. The van der Waals surface area contributed by atoms with Crippen molar-refractivity contribution in [2.24, 2.45) is 0 Å². The molecule has 9 nitrogen and oxygen atoms in total. The molecule has 2 N–H and O–H groups in total.